The largest absolute Gasteiger partial charge is 0.507 e. The van der Waals surface area contributed by atoms with Crippen molar-refractivity contribution in [1.82, 2.24) is 4.90 Å². The summed E-state index contributed by atoms with van der Waals surface area (Å²) < 4.78 is 0. The van der Waals surface area contributed by atoms with Crippen molar-refractivity contribution in [2.75, 3.05) is 11.9 Å². The Labute approximate surface area is 235 Å². The first kappa shape index (κ1) is 25.8. The van der Waals surface area contributed by atoms with Gasteiger partial charge < -0.3 is 5.11 Å². The van der Waals surface area contributed by atoms with Gasteiger partial charge >= 0.3 is 0 Å². The van der Waals surface area contributed by atoms with Crippen LogP contribution < -0.4 is 4.90 Å². The lowest BCUT2D eigenvalue weighted by Crippen LogP contribution is -2.60. The number of aromatic hydroxyl groups is 1. The van der Waals surface area contributed by atoms with E-state index in [1.807, 2.05) is 6.08 Å². The molecule has 2 aliphatic heterocycles. The third-order valence-electron chi connectivity index (χ3n) is 8.85. The highest BCUT2D eigenvalue weighted by molar-refractivity contribution is 6.53. The minimum Gasteiger partial charge on any atom is -0.507 e. The molecule has 6 atom stereocenters. The van der Waals surface area contributed by atoms with Gasteiger partial charge in [-0.3, -0.25) is 29.0 Å². The Kier molecular flexibility index (Phi) is 5.83. The van der Waals surface area contributed by atoms with E-state index in [1.54, 1.807) is 54.6 Å². The van der Waals surface area contributed by atoms with Crippen molar-refractivity contribution in [2.45, 2.75) is 34.9 Å². The summed E-state index contributed by atoms with van der Waals surface area (Å²) in [5.74, 6) is -5.15. The first-order valence-electron chi connectivity index (χ1n) is 12.8. The molecule has 200 valence electrons. The molecule has 0 aromatic heterocycles. The summed E-state index contributed by atoms with van der Waals surface area (Å²) in [4.78, 5) is 53.0. The Morgan fingerprint density at radius 3 is 2.41 bits per heavy atom. The third kappa shape index (κ3) is 3.23. The number of para-hydroxylation sites is 2. The Morgan fingerprint density at radius 2 is 1.72 bits per heavy atom. The van der Waals surface area contributed by atoms with Gasteiger partial charge in [0.25, 0.3) is 11.8 Å². The SMILES string of the molecule is C=CCc1cccc([C@H]2C3=CC[C@@H]4C(=O)N(c5ccccc5)C(=O)[C@@H]4[C@@H]3C[C@@]3(Cl)C(=O)N(C)C(=O)[C@@]23Cl)c1O. The monoisotopic (exact) mass is 564 g/mol. The molecular weight excluding hydrogens is 539 g/mol. The number of likely N-dealkylation sites (tertiary alicyclic amines) is 1. The topological polar surface area (TPSA) is 95.0 Å². The lowest BCUT2D eigenvalue weighted by Gasteiger charge is -2.50. The van der Waals surface area contributed by atoms with E-state index in [9.17, 15) is 24.3 Å². The molecule has 2 saturated heterocycles. The van der Waals surface area contributed by atoms with Gasteiger partial charge in [-0.2, -0.15) is 0 Å². The Morgan fingerprint density at radius 1 is 1.00 bits per heavy atom. The van der Waals surface area contributed by atoms with E-state index >= 15 is 0 Å². The number of nitrogens with zero attached hydrogens (tertiary/aromatic N) is 2. The number of fused-ring (bicyclic) bond motifs is 4. The van der Waals surface area contributed by atoms with Gasteiger partial charge in [0.15, 0.2) is 9.75 Å². The van der Waals surface area contributed by atoms with E-state index < -0.39 is 45.2 Å². The number of imide groups is 2. The first-order valence-corrected chi connectivity index (χ1v) is 13.6. The number of allylic oxidation sites excluding steroid dienone is 3. The number of anilines is 1. The van der Waals surface area contributed by atoms with Crippen LogP contribution in [0.5, 0.6) is 5.75 Å². The maximum absolute atomic E-state index is 13.9. The molecule has 2 aromatic rings. The van der Waals surface area contributed by atoms with Gasteiger partial charge in [0.1, 0.15) is 5.75 Å². The fraction of sp³-hybridized carbons (Fsp3) is 0.333. The number of amides is 4. The standard InChI is InChI=1S/C30H26Cl2N2O5/c1-3-8-16-9-7-12-20(24(16)35)23-18-13-14-19-22(26(37)34(25(19)36)17-10-5-4-6-11-17)21(18)15-29(31)27(38)33(2)28(39)30(23,29)32/h3-7,9-13,19,21-23,35H,1,8,14-15H2,2H3/t19-,21+,22-,23+,29+,30-/m0/s1. The van der Waals surface area contributed by atoms with E-state index in [1.165, 1.54) is 11.9 Å². The van der Waals surface area contributed by atoms with E-state index in [2.05, 4.69) is 6.58 Å². The van der Waals surface area contributed by atoms with Crippen molar-refractivity contribution in [3.8, 4) is 5.75 Å². The molecule has 6 rings (SSSR count). The number of phenolic OH excluding ortho intramolecular Hbond substituents is 1. The minimum atomic E-state index is -1.94. The number of carbonyl (C=O) groups excluding carboxylic acids is 4. The molecule has 9 heteroatoms. The zero-order chi connectivity index (χ0) is 27.9. The van der Waals surface area contributed by atoms with Crippen molar-refractivity contribution in [2.24, 2.45) is 17.8 Å². The Hall–Kier alpha value is -3.42. The maximum atomic E-state index is 13.9. The smallest absolute Gasteiger partial charge is 0.253 e. The van der Waals surface area contributed by atoms with E-state index in [0.717, 1.165) is 4.90 Å². The number of alkyl halides is 2. The van der Waals surface area contributed by atoms with Gasteiger partial charge in [0.05, 0.1) is 17.5 Å². The highest BCUT2D eigenvalue weighted by Gasteiger charge is 2.76. The molecule has 1 saturated carbocycles. The number of carbonyl (C=O) groups is 4. The van der Waals surface area contributed by atoms with Crippen LogP contribution in [0.15, 0.2) is 72.8 Å². The predicted molar refractivity (Wildman–Crippen MR) is 146 cm³/mol. The van der Waals surface area contributed by atoms with E-state index in [0.29, 0.717) is 28.8 Å². The fourth-order valence-electron chi connectivity index (χ4n) is 7.09. The van der Waals surface area contributed by atoms with Crippen LogP contribution >= 0.6 is 23.2 Å². The van der Waals surface area contributed by atoms with Gasteiger partial charge in [-0.25, -0.2) is 0 Å². The van der Waals surface area contributed by atoms with Crippen molar-refractivity contribution in [3.05, 3.63) is 84.0 Å². The van der Waals surface area contributed by atoms with Crippen LogP contribution in [0.1, 0.15) is 29.9 Å². The van der Waals surface area contributed by atoms with Crippen molar-refractivity contribution < 1.29 is 24.3 Å². The second-order valence-corrected chi connectivity index (χ2v) is 11.9. The molecule has 39 heavy (non-hydrogen) atoms. The van der Waals surface area contributed by atoms with Crippen LogP contribution in [0.2, 0.25) is 0 Å². The van der Waals surface area contributed by atoms with Crippen molar-refractivity contribution in [1.29, 1.82) is 0 Å². The van der Waals surface area contributed by atoms with Crippen molar-refractivity contribution >= 4 is 52.5 Å². The highest BCUT2D eigenvalue weighted by Crippen LogP contribution is 2.66. The Bertz CT molecular complexity index is 1490. The molecule has 2 heterocycles. The highest BCUT2D eigenvalue weighted by atomic mass is 35.5. The molecular formula is C30H26Cl2N2O5. The summed E-state index contributed by atoms with van der Waals surface area (Å²) in [6.45, 7) is 3.75. The second-order valence-electron chi connectivity index (χ2n) is 10.7. The van der Waals surface area contributed by atoms with Crippen LogP contribution in [0.4, 0.5) is 5.69 Å². The van der Waals surface area contributed by atoms with E-state index in [-0.39, 0.29) is 30.4 Å². The van der Waals surface area contributed by atoms with Crippen LogP contribution in [0.3, 0.4) is 0 Å². The van der Waals surface area contributed by atoms with E-state index in [4.69, 9.17) is 23.2 Å². The van der Waals surface area contributed by atoms with Gasteiger partial charge in [-0.1, -0.05) is 54.1 Å². The molecule has 4 amide bonds. The molecule has 0 bridgehead atoms. The molecule has 0 spiro atoms. The van der Waals surface area contributed by atoms with Gasteiger partial charge in [0.2, 0.25) is 11.8 Å². The average molecular weight is 565 g/mol. The van der Waals surface area contributed by atoms with Crippen LogP contribution in [-0.4, -0.2) is 50.4 Å². The van der Waals surface area contributed by atoms with Crippen LogP contribution in [-0.2, 0) is 25.6 Å². The molecule has 3 fully saturated rings. The normalized spacial score (nSPS) is 33.6. The zero-order valence-corrected chi connectivity index (χ0v) is 22.7. The molecule has 0 unspecified atom stereocenters. The van der Waals surface area contributed by atoms with Gasteiger partial charge in [-0.05, 0) is 42.9 Å². The molecule has 2 aromatic carbocycles. The fourth-order valence-corrected chi connectivity index (χ4v) is 8.10. The summed E-state index contributed by atoms with van der Waals surface area (Å²) in [6.07, 6.45) is 4.03. The van der Waals surface area contributed by atoms with Crippen molar-refractivity contribution in [3.63, 3.8) is 0 Å². The number of hydrogen-bond acceptors (Lipinski definition) is 5. The lowest BCUT2D eigenvalue weighted by atomic mass is 9.56. The summed E-state index contributed by atoms with van der Waals surface area (Å²) in [7, 11) is 1.34. The first-order chi connectivity index (χ1) is 18.6. The number of benzene rings is 2. The summed E-state index contributed by atoms with van der Waals surface area (Å²) >= 11 is 14.4. The lowest BCUT2D eigenvalue weighted by molar-refractivity contribution is -0.138. The second kappa shape index (κ2) is 8.80. The third-order valence-corrected chi connectivity index (χ3v) is 10.3. The molecule has 0 radical (unpaired) electrons. The van der Waals surface area contributed by atoms with Crippen LogP contribution in [0.25, 0.3) is 0 Å². The summed E-state index contributed by atoms with van der Waals surface area (Å²) in [6, 6.07) is 13.9. The quantitative estimate of drug-likeness (QED) is 0.339. The number of phenols is 1. The maximum Gasteiger partial charge on any atom is 0.253 e. The molecule has 1 N–H and O–H groups in total. The van der Waals surface area contributed by atoms with Crippen LogP contribution in [0, 0.1) is 17.8 Å². The number of rotatable bonds is 4. The predicted octanol–water partition coefficient (Wildman–Crippen LogP) is 4.31. The number of hydrogen-bond donors (Lipinski definition) is 1. The minimum absolute atomic E-state index is 0.0698. The zero-order valence-electron chi connectivity index (χ0n) is 21.1. The van der Waals surface area contributed by atoms with Gasteiger partial charge in [0, 0.05) is 18.5 Å². The summed E-state index contributed by atoms with van der Waals surface area (Å²) in [5, 5.41) is 11.4. The Balaban J connectivity index is 1.55. The molecule has 7 nitrogen and oxygen atoms in total. The molecule has 2 aliphatic carbocycles. The summed E-state index contributed by atoms with van der Waals surface area (Å²) in [5.41, 5.74) is 2.04. The average Bonchev–Trinajstić information content (AvgIpc) is 3.26. The number of halogens is 2. The molecule has 4 aliphatic rings. The van der Waals surface area contributed by atoms with Gasteiger partial charge in [-0.15, -0.1) is 29.8 Å².